The Morgan fingerprint density at radius 3 is 2.94 bits per heavy atom. The van der Waals surface area contributed by atoms with Gasteiger partial charge < -0.3 is 5.32 Å². The van der Waals surface area contributed by atoms with Gasteiger partial charge in [0.05, 0.1) is 0 Å². The second kappa shape index (κ2) is 6.30. The van der Waals surface area contributed by atoms with E-state index >= 15 is 0 Å². The lowest BCUT2D eigenvalue weighted by atomic mass is 10.1. The molecule has 0 saturated carbocycles. The number of nitrogens with one attached hydrogen (secondary N) is 1. The molecule has 1 aromatic carbocycles. The average Bonchev–Trinajstić information content (AvgIpc) is 2.87. The van der Waals surface area contributed by atoms with Crippen LogP contribution in [0, 0.1) is 12.7 Å². The highest BCUT2D eigenvalue weighted by molar-refractivity contribution is 5.26. The topological polar surface area (TPSA) is 15.3 Å². The second-order valence-corrected chi connectivity index (χ2v) is 5.19. The second-order valence-electron chi connectivity index (χ2n) is 5.19. The molecule has 1 saturated heterocycles. The SMILES string of the molecule is CCCN(Cc1cc(F)ccc1C)C1CCNC1. The van der Waals surface area contributed by atoms with Crippen LogP contribution in [0.4, 0.5) is 4.39 Å². The van der Waals surface area contributed by atoms with Gasteiger partial charge in [0.2, 0.25) is 0 Å². The first-order valence-corrected chi connectivity index (χ1v) is 6.90. The first-order valence-electron chi connectivity index (χ1n) is 6.90. The molecule has 1 aliphatic rings. The lowest BCUT2D eigenvalue weighted by Crippen LogP contribution is -2.37. The summed E-state index contributed by atoms with van der Waals surface area (Å²) in [6.45, 7) is 8.38. The van der Waals surface area contributed by atoms with Gasteiger partial charge in [-0.3, -0.25) is 4.90 Å². The largest absolute Gasteiger partial charge is 0.315 e. The quantitative estimate of drug-likeness (QED) is 0.864. The first kappa shape index (κ1) is 13.5. The van der Waals surface area contributed by atoms with Gasteiger partial charge in [-0.15, -0.1) is 0 Å². The van der Waals surface area contributed by atoms with Crippen LogP contribution in [-0.2, 0) is 6.54 Å². The third-order valence-electron chi connectivity index (χ3n) is 3.75. The van der Waals surface area contributed by atoms with Crippen molar-refractivity contribution in [1.29, 1.82) is 0 Å². The van der Waals surface area contributed by atoms with Gasteiger partial charge in [-0.2, -0.15) is 0 Å². The molecule has 1 atom stereocenters. The van der Waals surface area contributed by atoms with Crippen molar-refractivity contribution in [2.45, 2.75) is 39.3 Å². The molecule has 100 valence electrons. The number of halogens is 1. The summed E-state index contributed by atoms with van der Waals surface area (Å²) in [5, 5.41) is 3.41. The van der Waals surface area contributed by atoms with E-state index in [0.29, 0.717) is 6.04 Å². The Morgan fingerprint density at radius 1 is 1.44 bits per heavy atom. The van der Waals surface area contributed by atoms with Gasteiger partial charge in [-0.1, -0.05) is 13.0 Å². The lowest BCUT2D eigenvalue weighted by Gasteiger charge is -2.28. The van der Waals surface area contributed by atoms with Crippen molar-refractivity contribution in [2.24, 2.45) is 0 Å². The molecular formula is C15H23FN2. The molecule has 1 aliphatic heterocycles. The predicted octanol–water partition coefficient (Wildman–Crippen LogP) is 2.71. The fraction of sp³-hybridized carbons (Fsp3) is 0.600. The van der Waals surface area contributed by atoms with E-state index in [9.17, 15) is 4.39 Å². The maximum atomic E-state index is 13.3. The minimum absolute atomic E-state index is 0.128. The number of benzene rings is 1. The summed E-state index contributed by atoms with van der Waals surface area (Å²) < 4.78 is 13.3. The van der Waals surface area contributed by atoms with Crippen molar-refractivity contribution < 1.29 is 4.39 Å². The van der Waals surface area contributed by atoms with E-state index in [4.69, 9.17) is 0 Å². The van der Waals surface area contributed by atoms with E-state index in [-0.39, 0.29) is 5.82 Å². The highest BCUT2D eigenvalue weighted by Crippen LogP contribution is 2.17. The zero-order valence-electron chi connectivity index (χ0n) is 11.4. The highest BCUT2D eigenvalue weighted by Gasteiger charge is 2.22. The lowest BCUT2D eigenvalue weighted by molar-refractivity contribution is 0.199. The molecule has 1 fully saturated rings. The number of nitrogens with zero attached hydrogens (tertiary/aromatic N) is 1. The van der Waals surface area contributed by atoms with Gasteiger partial charge in [0, 0.05) is 19.1 Å². The van der Waals surface area contributed by atoms with Crippen molar-refractivity contribution in [1.82, 2.24) is 10.2 Å². The molecule has 0 radical (unpaired) electrons. The molecule has 1 unspecified atom stereocenters. The maximum Gasteiger partial charge on any atom is 0.123 e. The van der Waals surface area contributed by atoms with E-state index in [0.717, 1.165) is 38.2 Å². The van der Waals surface area contributed by atoms with Crippen LogP contribution < -0.4 is 5.32 Å². The number of hydrogen-bond acceptors (Lipinski definition) is 2. The molecule has 0 spiro atoms. The molecule has 1 heterocycles. The minimum atomic E-state index is -0.128. The normalized spacial score (nSPS) is 19.7. The monoisotopic (exact) mass is 250 g/mol. The molecule has 3 heteroatoms. The predicted molar refractivity (Wildman–Crippen MR) is 73.1 cm³/mol. The Hall–Kier alpha value is -0.930. The van der Waals surface area contributed by atoms with Crippen LogP contribution in [0.15, 0.2) is 18.2 Å². The summed E-state index contributed by atoms with van der Waals surface area (Å²) in [7, 11) is 0. The Morgan fingerprint density at radius 2 is 2.28 bits per heavy atom. The summed E-state index contributed by atoms with van der Waals surface area (Å²) in [4.78, 5) is 2.49. The van der Waals surface area contributed by atoms with Crippen molar-refractivity contribution in [3.8, 4) is 0 Å². The molecule has 18 heavy (non-hydrogen) atoms. The van der Waals surface area contributed by atoms with Crippen molar-refractivity contribution in [3.05, 3.63) is 35.1 Å². The van der Waals surface area contributed by atoms with Gasteiger partial charge in [0.15, 0.2) is 0 Å². The van der Waals surface area contributed by atoms with Crippen LogP contribution >= 0.6 is 0 Å². The molecule has 2 nitrogen and oxygen atoms in total. The van der Waals surface area contributed by atoms with Crippen LogP contribution in [-0.4, -0.2) is 30.6 Å². The first-order chi connectivity index (χ1) is 8.70. The van der Waals surface area contributed by atoms with Gasteiger partial charge in [0.1, 0.15) is 5.82 Å². The van der Waals surface area contributed by atoms with E-state index in [1.165, 1.54) is 12.0 Å². The Kier molecular flexibility index (Phi) is 4.72. The maximum absolute atomic E-state index is 13.3. The number of rotatable bonds is 5. The van der Waals surface area contributed by atoms with E-state index in [2.05, 4.69) is 24.1 Å². The van der Waals surface area contributed by atoms with Crippen LogP contribution in [0.3, 0.4) is 0 Å². The van der Waals surface area contributed by atoms with E-state index in [1.807, 2.05) is 6.07 Å². The van der Waals surface area contributed by atoms with Crippen LogP contribution in [0.2, 0.25) is 0 Å². The molecule has 0 bridgehead atoms. The van der Waals surface area contributed by atoms with Crippen molar-refractivity contribution in [2.75, 3.05) is 19.6 Å². The summed E-state index contributed by atoms with van der Waals surface area (Å²) >= 11 is 0. The zero-order chi connectivity index (χ0) is 13.0. The molecule has 2 rings (SSSR count). The third kappa shape index (κ3) is 3.30. The van der Waals surface area contributed by atoms with Gasteiger partial charge >= 0.3 is 0 Å². The van der Waals surface area contributed by atoms with Crippen LogP contribution in [0.25, 0.3) is 0 Å². The summed E-state index contributed by atoms with van der Waals surface area (Å²) in [6, 6.07) is 5.70. The third-order valence-corrected chi connectivity index (χ3v) is 3.75. The van der Waals surface area contributed by atoms with E-state index in [1.54, 1.807) is 12.1 Å². The highest BCUT2D eigenvalue weighted by atomic mass is 19.1. The van der Waals surface area contributed by atoms with Gasteiger partial charge in [-0.05, 0) is 56.1 Å². The summed E-state index contributed by atoms with van der Waals surface area (Å²) in [5.41, 5.74) is 2.30. The molecule has 1 N–H and O–H groups in total. The molecular weight excluding hydrogens is 227 g/mol. The number of hydrogen-bond donors (Lipinski definition) is 1. The molecule has 0 aromatic heterocycles. The van der Waals surface area contributed by atoms with Gasteiger partial charge in [-0.25, -0.2) is 4.39 Å². The fourth-order valence-electron chi connectivity index (χ4n) is 2.66. The molecule has 1 aromatic rings. The molecule has 0 amide bonds. The number of aryl methyl sites for hydroxylation is 1. The fourth-order valence-corrected chi connectivity index (χ4v) is 2.66. The summed E-state index contributed by atoms with van der Waals surface area (Å²) in [6.07, 6.45) is 2.35. The average molecular weight is 250 g/mol. The Labute approximate surface area is 109 Å². The van der Waals surface area contributed by atoms with Crippen LogP contribution in [0.1, 0.15) is 30.9 Å². The smallest absolute Gasteiger partial charge is 0.123 e. The Balaban J connectivity index is 2.09. The van der Waals surface area contributed by atoms with Gasteiger partial charge in [0.25, 0.3) is 0 Å². The summed E-state index contributed by atoms with van der Waals surface area (Å²) in [5.74, 6) is -0.128. The standard InChI is InChI=1S/C15H23FN2/c1-3-8-18(15-6-7-17-10-15)11-13-9-14(16)5-4-12(13)2/h4-5,9,15,17H,3,6-8,10-11H2,1-2H3. The van der Waals surface area contributed by atoms with Crippen molar-refractivity contribution in [3.63, 3.8) is 0 Å². The molecule has 0 aliphatic carbocycles. The minimum Gasteiger partial charge on any atom is -0.315 e. The Bertz CT molecular complexity index is 386. The van der Waals surface area contributed by atoms with Crippen LogP contribution in [0.5, 0.6) is 0 Å². The van der Waals surface area contributed by atoms with E-state index < -0.39 is 0 Å². The zero-order valence-corrected chi connectivity index (χ0v) is 11.4. The van der Waals surface area contributed by atoms with Crippen molar-refractivity contribution >= 4 is 0 Å².